The number of nitriles is 1. The van der Waals surface area contributed by atoms with Gasteiger partial charge in [0.05, 0.1) is 17.6 Å². The molecule has 0 radical (unpaired) electrons. The molecule has 0 bridgehead atoms. The highest BCUT2D eigenvalue weighted by atomic mass is 31.2. The average Bonchev–Trinajstić information content (AvgIpc) is 2.27. The Labute approximate surface area is 102 Å². The third kappa shape index (κ3) is 3.29. The standard InChI is InChI=1S/C12H18NO3P/c1-3-10-5-6-12(4-2,9-13)11(7-10)8-17(14,15)16/h5-7,11H,3-4,8H2,1-2H3,(H2,14,15,16). The highest BCUT2D eigenvalue weighted by Gasteiger charge is 2.39. The van der Waals surface area contributed by atoms with E-state index < -0.39 is 18.9 Å². The number of rotatable bonds is 4. The number of hydrogen-bond donors (Lipinski definition) is 2. The third-order valence-electron chi connectivity index (χ3n) is 3.31. The predicted octanol–water partition coefficient (Wildman–Crippen LogP) is 2.61. The van der Waals surface area contributed by atoms with E-state index in [0.717, 1.165) is 12.0 Å². The molecule has 0 aromatic rings. The zero-order valence-corrected chi connectivity index (χ0v) is 11.0. The molecule has 1 rings (SSSR count). The van der Waals surface area contributed by atoms with Gasteiger partial charge in [-0.2, -0.15) is 5.26 Å². The van der Waals surface area contributed by atoms with Crippen LogP contribution in [-0.2, 0) is 4.57 Å². The normalized spacial score (nSPS) is 28.6. The molecule has 0 aliphatic heterocycles. The van der Waals surface area contributed by atoms with Crippen molar-refractivity contribution in [2.45, 2.75) is 26.7 Å². The van der Waals surface area contributed by atoms with Crippen molar-refractivity contribution in [2.24, 2.45) is 11.3 Å². The lowest BCUT2D eigenvalue weighted by Crippen LogP contribution is -2.30. The van der Waals surface area contributed by atoms with Gasteiger partial charge in [-0.1, -0.05) is 37.6 Å². The van der Waals surface area contributed by atoms with E-state index in [9.17, 15) is 9.83 Å². The van der Waals surface area contributed by atoms with Gasteiger partial charge in [0.15, 0.2) is 0 Å². The van der Waals surface area contributed by atoms with Crippen molar-refractivity contribution in [3.8, 4) is 6.07 Å². The van der Waals surface area contributed by atoms with Crippen LogP contribution in [0.1, 0.15) is 26.7 Å². The Bertz CT molecular complexity index is 430. The maximum atomic E-state index is 11.1. The van der Waals surface area contributed by atoms with E-state index in [1.165, 1.54) is 0 Å². The second-order valence-corrected chi connectivity index (χ2v) is 6.08. The third-order valence-corrected chi connectivity index (χ3v) is 4.18. The van der Waals surface area contributed by atoms with E-state index in [0.29, 0.717) is 6.42 Å². The Morgan fingerprint density at radius 3 is 2.59 bits per heavy atom. The molecular weight excluding hydrogens is 237 g/mol. The van der Waals surface area contributed by atoms with Gasteiger partial charge in [-0.3, -0.25) is 4.57 Å². The molecule has 17 heavy (non-hydrogen) atoms. The number of allylic oxidation sites excluding steroid dienone is 4. The van der Waals surface area contributed by atoms with Crippen LogP contribution >= 0.6 is 7.60 Å². The summed E-state index contributed by atoms with van der Waals surface area (Å²) in [4.78, 5) is 18.2. The van der Waals surface area contributed by atoms with Crippen molar-refractivity contribution in [3.63, 3.8) is 0 Å². The topological polar surface area (TPSA) is 81.3 Å². The maximum absolute atomic E-state index is 11.1. The average molecular weight is 255 g/mol. The second-order valence-electron chi connectivity index (χ2n) is 4.39. The van der Waals surface area contributed by atoms with Crippen LogP contribution in [0, 0.1) is 22.7 Å². The van der Waals surface area contributed by atoms with Gasteiger partial charge in [-0.25, -0.2) is 0 Å². The molecule has 0 aromatic carbocycles. The largest absolute Gasteiger partial charge is 0.326 e. The Balaban J connectivity index is 3.09. The lowest BCUT2D eigenvalue weighted by Gasteiger charge is -2.33. The van der Waals surface area contributed by atoms with Crippen molar-refractivity contribution in [1.29, 1.82) is 5.26 Å². The second kappa shape index (κ2) is 5.18. The smallest absolute Gasteiger partial charge is 0.324 e. The SMILES string of the molecule is CCC1=CC(CP(=O)(O)O)C(C#N)(CC)C=C1. The molecule has 1 aliphatic carbocycles. The van der Waals surface area contributed by atoms with Crippen LogP contribution in [0.25, 0.3) is 0 Å². The first-order valence-electron chi connectivity index (χ1n) is 5.72. The van der Waals surface area contributed by atoms with Crippen LogP contribution in [0.3, 0.4) is 0 Å². The van der Waals surface area contributed by atoms with E-state index in [1.807, 2.05) is 26.0 Å². The van der Waals surface area contributed by atoms with Crippen molar-refractivity contribution in [1.82, 2.24) is 0 Å². The molecule has 0 aromatic heterocycles. The van der Waals surface area contributed by atoms with Crippen LogP contribution in [0.4, 0.5) is 0 Å². The fourth-order valence-electron chi connectivity index (χ4n) is 2.13. The van der Waals surface area contributed by atoms with Crippen molar-refractivity contribution in [2.75, 3.05) is 6.16 Å². The maximum Gasteiger partial charge on any atom is 0.326 e. The Morgan fingerprint density at radius 2 is 2.18 bits per heavy atom. The van der Waals surface area contributed by atoms with E-state index >= 15 is 0 Å². The van der Waals surface area contributed by atoms with Gasteiger partial charge in [0.1, 0.15) is 0 Å². The van der Waals surface area contributed by atoms with Crippen LogP contribution in [0.5, 0.6) is 0 Å². The highest BCUT2D eigenvalue weighted by molar-refractivity contribution is 7.51. The minimum absolute atomic E-state index is 0.262. The van der Waals surface area contributed by atoms with Gasteiger partial charge >= 0.3 is 7.60 Å². The summed E-state index contributed by atoms with van der Waals surface area (Å²) < 4.78 is 11.1. The molecule has 0 saturated carbocycles. The zero-order chi connectivity index (χ0) is 13.1. The summed E-state index contributed by atoms with van der Waals surface area (Å²) in [7, 11) is -4.11. The molecular formula is C12H18NO3P. The van der Waals surface area contributed by atoms with E-state index in [4.69, 9.17) is 9.79 Å². The fourth-order valence-corrected chi connectivity index (χ4v) is 3.07. The van der Waals surface area contributed by atoms with Crippen LogP contribution < -0.4 is 0 Å². The molecule has 5 heteroatoms. The summed E-state index contributed by atoms with van der Waals surface area (Å²) in [5, 5.41) is 9.28. The molecule has 0 amide bonds. The molecule has 4 nitrogen and oxygen atoms in total. The van der Waals surface area contributed by atoms with Crippen molar-refractivity contribution >= 4 is 7.60 Å². The van der Waals surface area contributed by atoms with E-state index in [-0.39, 0.29) is 6.16 Å². The minimum Gasteiger partial charge on any atom is -0.324 e. The van der Waals surface area contributed by atoms with Gasteiger partial charge in [0, 0.05) is 5.92 Å². The first-order valence-corrected chi connectivity index (χ1v) is 7.52. The summed E-state index contributed by atoms with van der Waals surface area (Å²) in [5.74, 6) is -0.404. The van der Waals surface area contributed by atoms with Crippen molar-refractivity contribution < 1.29 is 14.4 Å². The molecule has 0 fully saturated rings. The Kier molecular flexibility index (Phi) is 4.32. The fraction of sp³-hybridized carbons (Fsp3) is 0.583. The van der Waals surface area contributed by atoms with Gasteiger partial charge in [0.2, 0.25) is 0 Å². The molecule has 94 valence electrons. The molecule has 2 atom stereocenters. The van der Waals surface area contributed by atoms with Gasteiger partial charge in [-0.15, -0.1) is 0 Å². The minimum atomic E-state index is -4.11. The molecule has 0 spiro atoms. The molecule has 2 unspecified atom stereocenters. The lowest BCUT2D eigenvalue weighted by atomic mass is 9.71. The summed E-state index contributed by atoms with van der Waals surface area (Å²) in [6.45, 7) is 3.85. The van der Waals surface area contributed by atoms with Gasteiger partial charge < -0.3 is 9.79 Å². The van der Waals surface area contributed by atoms with Gasteiger partial charge in [0.25, 0.3) is 0 Å². The molecule has 0 heterocycles. The summed E-state index contributed by atoms with van der Waals surface area (Å²) in [6.07, 6.45) is 6.63. The number of hydrogen-bond acceptors (Lipinski definition) is 2. The zero-order valence-electron chi connectivity index (χ0n) is 10.1. The molecule has 1 aliphatic rings. The van der Waals surface area contributed by atoms with Crippen LogP contribution in [0.2, 0.25) is 0 Å². The quantitative estimate of drug-likeness (QED) is 0.756. The Morgan fingerprint density at radius 1 is 1.53 bits per heavy atom. The highest BCUT2D eigenvalue weighted by Crippen LogP contribution is 2.47. The first-order chi connectivity index (χ1) is 7.87. The summed E-state index contributed by atoms with van der Waals surface area (Å²) in [5.41, 5.74) is 0.252. The van der Waals surface area contributed by atoms with Gasteiger partial charge in [-0.05, 0) is 12.8 Å². The van der Waals surface area contributed by atoms with Crippen molar-refractivity contribution in [3.05, 3.63) is 23.8 Å². The Hall–Kier alpha value is -0.880. The monoisotopic (exact) mass is 255 g/mol. The molecule has 2 N–H and O–H groups in total. The van der Waals surface area contributed by atoms with E-state index in [2.05, 4.69) is 6.07 Å². The number of nitrogens with zero attached hydrogens (tertiary/aromatic N) is 1. The molecule has 0 saturated heterocycles. The summed E-state index contributed by atoms with van der Waals surface area (Å²) in [6, 6.07) is 2.21. The predicted molar refractivity (Wildman–Crippen MR) is 66.3 cm³/mol. The lowest BCUT2D eigenvalue weighted by molar-refractivity contribution is 0.328. The summed E-state index contributed by atoms with van der Waals surface area (Å²) >= 11 is 0. The van der Waals surface area contributed by atoms with Crippen LogP contribution in [-0.4, -0.2) is 15.9 Å². The van der Waals surface area contributed by atoms with E-state index in [1.54, 1.807) is 6.08 Å². The first kappa shape index (κ1) is 14.2. The van der Waals surface area contributed by atoms with Crippen LogP contribution in [0.15, 0.2) is 23.8 Å².